The fourth-order valence-electron chi connectivity index (χ4n) is 2.94. The van der Waals surface area contributed by atoms with Gasteiger partial charge >= 0.3 is 0 Å². The molecule has 24 heavy (non-hydrogen) atoms. The Labute approximate surface area is 142 Å². The molecule has 3 aromatic rings. The maximum absolute atomic E-state index is 5.96. The van der Waals surface area contributed by atoms with Gasteiger partial charge in [-0.1, -0.05) is 25.1 Å². The minimum atomic E-state index is 0.328. The molecule has 3 rings (SSSR count). The summed E-state index contributed by atoms with van der Waals surface area (Å²) in [6, 6.07) is 10.2. The number of hydrogen-bond donors (Lipinski definition) is 1. The van der Waals surface area contributed by atoms with Gasteiger partial charge in [0.1, 0.15) is 0 Å². The molecule has 5 nitrogen and oxygen atoms in total. The number of benzene rings is 1. The topological polar surface area (TPSA) is 69.6 Å². The maximum atomic E-state index is 5.96. The number of nitrogens with zero attached hydrogens (tertiary/aromatic N) is 4. The van der Waals surface area contributed by atoms with Crippen molar-refractivity contribution in [3.05, 3.63) is 59.5 Å². The van der Waals surface area contributed by atoms with Crippen molar-refractivity contribution in [2.45, 2.75) is 33.7 Å². The van der Waals surface area contributed by atoms with Gasteiger partial charge in [-0.25, -0.2) is 9.97 Å². The molecule has 0 fully saturated rings. The Bertz CT molecular complexity index is 824. The van der Waals surface area contributed by atoms with Crippen LogP contribution in [0.1, 0.15) is 23.7 Å². The van der Waals surface area contributed by atoms with Crippen molar-refractivity contribution in [1.29, 1.82) is 0 Å². The maximum Gasteiger partial charge on any atom is 0.220 e. The summed E-state index contributed by atoms with van der Waals surface area (Å²) < 4.78 is 1.95. The third-order valence-electron chi connectivity index (χ3n) is 4.29. The first kappa shape index (κ1) is 16.2. The van der Waals surface area contributed by atoms with Gasteiger partial charge in [-0.2, -0.15) is 5.10 Å². The predicted molar refractivity (Wildman–Crippen MR) is 96.4 cm³/mol. The standard InChI is InChI=1S/C19H23N5/c1-13(12-24-9-5-8-21-24)10-16-11-18(23-19(20)22-16)17-7-4-6-14(2)15(17)3/h4-9,11,13H,10,12H2,1-3H3,(H2,20,22,23). The molecular formula is C19H23N5. The summed E-state index contributed by atoms with van der Waals surface area (Å²) in [5, 5.41) is 4.26. The zero-order chi connectivity index (χ0) is 17.1. The first-order valence-corrected chi connectivity index (χ1v) is 8.20. The van der Waals surface area contributed by atoms with E-state index in [9.17, 15) is 0 Å². The predicted octanol–water partition coefficient (Wildman–Crippen LogP) is 3.42. The minimum Gasteiger partial charge on any atom is -0.368 e. The van der Waals surface area contributed by atoms with Crippen molar-refractivity contribution in [3.8, 4) is 11.3 Å². The first-order valence-electron chi connectivity index (χ1n) is 8.20. The number of aryl methyl sites for hydroxylation is 1. The molecule has 2 N–H and O–H groups in total. The molecule has 0 radical (unpaired) electrons. The summed E-state index contributed by atoms with van der Waals surface area (Å²) >= 11 is 0. The van der Waals surface area contributed by atoms with E-state index in [2.05, 4.69) is 60.1 Å². The van der Waals surface area contributed by atoms with Crippen molar-refractivity contribution < 1.29 is 0 Å². The Hall–Kier alpha value is -2.69. The van der Waals surface area contributed by atoms with E-state index >= 15 is 0 Å². The Balaban J connectivity index is 1.85. The molecule has 1 unspecified atom stereocenters. The van der Waals surface area contributed by atoms with E-state index in [0.717, 1.165) is 29.9 Å². The van der Waals surface area contributed by atoms with Crippen LogP contribution in [-0.2, 0) is 13.0 Å². The number of rotatable bonds is 5. The highest BCUT2D eigenvalue weighted by atomic mass is 15.3. The zero-order valence-corrected chi connectivity index (χ0v) is 14.4. The second kappa shape index (κ2) is 6.83. The second-order valence-electron chi connectivity index (χ2n) is 6.39. The van der Waals surface area contributed by atoms with Crippen molar-refractivity contribution in [1.82, 2.24) is 19.7 Å². The van der Waals surface area contributed by atoms with E-state index in [1.54, 1.807) is 6.20 Å². The lowest BCUT2D eigenvalue weighted by atomic mass is 9.99. The molecule has 0 saturated carbocycles. The molecule has 0 aliphatic carbocycles. The van der Waals surface area contributed by atoms with Gasteiger partial charge in [0, 0.05) is 30.2 Å². The number of nitrogen functional groups attached to an aromatic ring is 1. The van der Waals surface area contributed by atoms with Crippen LogP contribution >= 0.6 is 0 Å². The van der Waals surface area contributed by atoms with Crippen LogP contribution < -0.4 is 5.73 Å². The summed E-state index contributed by atoms with van der Waals surface area (Å²) in [5.41, 5.74) is 11.4. The van der Waals surface area contributed by atoms with Crippen molar-refractivity contribution >= 4 is 5.95 Å². The van der Waals surface area contributed by atoms with Crippen LogP contribution in [0, 0.1) is 19.8 Å². The van der Waals surface area contributed by atoms with Gasteiger partial charge in [0.25, 0.3) is 0 Å². The number of nitrogens with two attached hydrogens (primary N) is 1. The fourth-order valence-corrected chi connectivity index (χ4v) is 2.94. The highest BCUT2D eigenvalue weighted by Gasteiger charge is 2.11. The fraction of sp³-hybridized carbons (Fsp3) is 0.316. The summed E-state index contributed by atoms with van der Waals surface area (Å²) in [4.78, 5) is 8.86. The van der Waals surface area contributed by atoms with E-state index < -0.39 is 0 Å². The van der Waals surface area contributed by atoms with Gasteiger partial charge in [0.05, 0.1) is 5.69 Å². The molecule has 124 valence electrons. The minimum absolute atomic E-state index is 0.328. The average molecular weight is 321 g/mol. The van der Waals surface area contributed by atoms with E-state index in [1.165, 1.54) is 11.1 Å². The molecule has 0 spiro atoms. The highest BCUT2D eigenvalue weighted by molar-refractivity contribution is 5.66. The lowest BCUT2D eigenvalue weighted by molar-refractivity contribution is 0.444. The zero-order valence-electron chi connectivity index (χ0n) is 14.4. The number of aromatic nitrogens is 4. The first-order chi connectivity index (χ1) is 11.5. The molecule has 0 aliphatic heterocycles. The quantitative estimate of drug-likeness (QED) is 0.782. The van der Waals surface area contributed by atoms with Crippen LogP contribution in [0.4, 0.5) is 5.95 Å². The van der Waals surface area contributed by atoms with Gasteiger partial charge in [-0.3, -0.25) is 4.68 Å². The van der Waals surface area contributed by atoms with Crippen LogP contribution in [0.25, 0.3) is 11.3 Å². The average Bonchev–Trinajstić information content (AvgIpc) is 3.02. The van der Waals surface area contributed by atoms with Gasteiger partial charge in [-0.05, 0) is 49.4 Å². The molecule has 1 aromatic carbocycles. The molecule has 2 aromatic heterocycles. The Morgan fingerprint density at radius 1 is 1.17 bits per heavy atom. The van der Waals surface area contributed by atoms with Crippen molar-refractivity contribution in [2.24, 2.45) is 5.92 Å². The summed E-state index contributed by atoms with van der Waals surface area (Å²) in [6.07, 6.45) is 4.62. The summed E-state index contributed by atoms with van der Waals surface area (Å²) in [7, 11) is 0. The summed E-state index contributed by atoms with van der Waals surface area (Å²) in [5.74, 6) is 0.736. The molecule has 0 aliphatic rings. The van der Waals surface area contributed by atoms with Crippen molar-refractivity contribution in [3.63, 3.8) is 0 Å². The molecule has 0 saturated heterocycles. The van der Waals surface area contributed by atoms with Gasteiger partial charge in [0.15, 0.2) is 0 Å². The molecule has 1 atom stereocenters. The lowest BCUT2D eigenvalue weighted by Gasteiger charge is -2.13. The van der Waals surface area contributed by atoms with Gasteiger partial charge in [0.2, 0.25) is 5.95 Å². The van der Waals surface area contributed by atoms with Crippen LogP contribution in [-0.4, -0.2) is 19.7 Å². The Kier molecular flexibility index (Phi) is 4.60. The van der Waals surface area contributed by atoms with Gasteiger partial charge < -0.3 is 5.73 Å². The molecule has 0 amide bonds. The van der Waals surface area contributed by atoms with E-state index in [4.69, 9.17) is 5.73 Å². The normalized spacial score (nSPS) is 12.3. The largest absolute Gasteiger partial charge is 0.368 e. The third kappa shape index (κ3) is 3.62. The van der Waals surface area contributed by atoms with Crippen LogP contribution in [0.15, 0.2) is 42.7 Å². The monoisotopic (exact) mass is 321 g/mol. The van der Waals surface area contributed by atoms with Gasteiger partial charge in [-0.15, -0.1) is 0 Å². The van der Waals surface area contributed by atoms with E-state index in [-0.39, 0.29) is 0 Å². The smallest absolute Gasteiger partial charge is 0.220 e. The van der Waals surface area contributed by atoms with E-state index in [1.807, 2.05) is 16.9 Å². The van der Waals surface area contributed by atoms with Crippen LogP contribution in [0.2, 0.25) is 0 Å². The molecule has 0 bridgehead atoms. The number of anilines is 1. The van der Waals surface area contributed by atoms with Crippen molar-refractivity contribution in [2.75, 3.05) is 5.73 Å². The summed E-state index contributed by atoms with van der Waals surface area (Å²) in [6.45, 7) is 7.27. The Morgan fingerprint density at radius 2 is 2.00 bits per heavy atom. The highest BCUT2D eigenvalue weighted by Crippen LogP contribution is 2.25. The number of hydrogen-bond acceptors (Lipinski definition) is 4. The molecule has 5 heteroatoms. The second-order valence-corrected chi connectivity index (χ2v) is 6.39. The SMILES string of the molecule is Cc1cccc(-c2cc(CC(C)Cn3cccn3)nc(N)n2)c1C. The van der Waals surface area contributed by atoms with Crippen LogP contribution in [0.5, 0.6) is 0 Å². The molecule has 2 heterocycles. The van der Waals surface area contributed by atoms with Crippen LogP contribution in [0.3, 0.4) is 0 Å². The lowest BCUT2D eigenvalue weighted by Crippen LogP contribution is -2.12. The molecular weight excluding hydrogens is 298 g/mol. The van der Waals surface area contributed by atoms with E-state index in [0.29, 0.717) is 11.9 Å². The Morgan fingerprint density at radius 3 is 2.75 bits per heavy atom. The third-order valence-corrected chi connectivity index (χ3v) is 4.29.